The van der Waals surface area contributed by atoms with Crippen molar-refractivity contribution in [1.82, 2.24) is 20.4 Å². The number of likely N-dealkylation sites (N-methyl/N-ethyl adjacent to an activating group) is 1. The van der Waals surface area contributed by atoms with Crippen LogP contribution in [0.5, 0.6) is 0 Å². The molecule has 0 fully saturated rings. The van der Waals surface area contributed by atoms with Gasteiger partial charge in [0, 0.05) is 12.1 Å². The van der Waals surface area contributed by atoms with E-state index in [1.807, 2.05) is 44.4 Å². The van der Waals surface area contributed by atoms with Gasteiger partial charge in [-0.3, -0.25) is 9.89 Å². The first-order valence-corrected chi connectivity index (χ1v) is 8.77. The minimum absolute atomic E-state index is 0.0669. The van der Waals surface area contributed by atoms with E-state index in [-0.39, 0.29) is 17.8 Å². The number of aromatic amines is 1. The lowest BCUT2D eigenvalue weighted by Gasteiger charge is -2.25. The molecule has 2 N–H and O–H groups in total. The second-order valence-corrected chi connectivity index (χ2v) is 6.73. The van der Waals surface area contributed by atoms with Crippen LogP contribution in [0.25, 0.3) is 11.3 Å². The second-order valence-electron chi connectivity index (χ2n) is 6.73. The fourth-order valence-electron chi connectivity index (χ4n) is 2.95. The largest absolute Gasteiger partial charge is 0.349 e. The summed E-state index contributed by atoms with van der Waals surface area (Å²) in [5, 5.41) is 9.89. The van der Waals surface area contributed by atoms with Crippen LogP contribution in [0.4, 0.5) is 4.39 Å². The fraction of sp³-hybridized carbons (Fsp3) is 0.238. The summed E-state index contributed by atoms with van der Waals surface area (Å²) in [5.41, 5.74) is 3.42. The maximum Gasteiger partial charge on any atom is 0.269 e. The number of aromatic nitrogens is 2. The lowest BCUT2D eigenvalue weighted by atomic mass is 10.1. The number of nitrogens with one attached hydrogen (secondary N) is 2. The van der Waals surface area contributed by atoms with Crippen molar-refractivity contribution < 1.29 is 9.18 Å². The third-order valence-electron chi connectivity index (χ3n) is 4.54. The summed E-state index contributed by atoms with van der Waals surface area (Å²) in [4.78, 5) is 14.6. The minimum atomic E-state index is -0.261. The quantitative estimate of drug-likeness (QED) is 0.701. The standard InChI is InChI=1S/C21H23FN4O/c1-14-11-16(9-10-17(14)22)18-12-19(25-24-18)21(27)23-13-20(26(2)3)15-7-5-4-6-8-15/h4-12,20H,13H2,1-3H3,(H,23,27)(H,24,25). The summed E-state index contributed by atoms with van der Waals surface area (Å²) >= 11 is 0. The zero-order chi connectivity index (χ0) is 19.4. The molecule has 1 aromatic heterocycles. The number of halogens is 1. The SMILES string of the molecule is Cc1cc(-c2cc(C(=O)NCC(c3ccccc3)N(C)C)[nH]n2)ccc1F. The highest BCUT2D eigenvalue weighted by Gasteiger charge is 2.17. The van der Waals surface area contributed by atoms with Gasteiger partial charge in [-0.1, -0.05) is 30.3 Å². The summed E-state index contributed by atoms with van der Waals surface area (Å²) in [7, 11) is 3.96. The van der Waals surface area contributed by atoms with Crippen LogP contribution in [-0.2, 0) is 0 Å². The lowest BCUT2D eigenvalue weighted by Crippen LogP contribution is -2.34. The van der Waals surface area contributed by atoms with Gasteiger partial charge >= 0.3 is 0 Å². The van der Waals surface area contributed by atoms with Crippen molar-refractivity contribution in [3.8, 4) is 11.3 Å². The molecule has 0 aliphatic heterocycles. The third kappa shape index (κ3) is 4.41. The van der Waals surface area contributed by atoms with Gasteiger partial charge in [-0.2, -0.15) is 5.10 Å². The Labute approximate surface area is 158 Å². The van der Waals surface area contributed by atoms with Crippen LogP contribution >= 0.6 is 0 Å². The van der Waals surface area contributed by atoms with E-state index in [1.165, 1.54) is 6.07 Å². The molecule has 2 aromatic carbocycles. The molecule has 3 aromatic rings. The number of hydrogen-bond acceptors (Lipinski definition) is 3. The molecule has 6 heteroatoms. The van der Waals surface area contributed by atoms with Crippen LogP contribution in [0.1, 0.15) is 27.7 Å². The van der Waals surface area contributed by atoms with E-state index in [0.717, 1.165) is 11.1 Å². The number of nitrogens with zero attached hydrogens (tertiary/aromatic N) is 2. The molecule has 0 saturated heterocycles. The number of aryl methyl sites for hydroxylation is 1. The van der Waals surface area contributed by atoms with E-state index in [9.17, 15) is 9.18 Å². The molecule has 1 amide bonds. The van der Waals surface area contributed by atoms with E-state index >= 15 is 0 Å². The Kier molecular flexibility index (Phi) is 5.66. The molecule has 140 valence electrons. The monoisotopic (exact) mass is 366 g/mol. The fourth-order valence-corrected chi connectivity index (χ4v) is 2.95. The first kappa shape index (κ1) is 18.8. The molecule has 1 heterocycles. The number of carbonyl (C=O) groups excluding carboxylic acids is 1. The predicted octanol–water partition coefficient (Wildman–Crippen LogP) is 3.56. The van der Waals surface area contributed by atoms with Crippen LogP contribution in [0, 0.1) is 12.7 Å². The summed E-state index contributed by atoms with van der Waals surface area (Å²) in [6, 6.07) is 16.5. The van der Waals surface area contributed by atoms with Crippen molar-refractivity contribution in [2.75, 3.05) is 20.6 Å². The molecule has 0 spiro atoms. The van der Waals surface area contributed by atoms with Crippen LogP contribution in [0.3, 0.4) is 0 Å². The van der Waals surface area contributed by atoms with Crippen molar-refractivity contribution >= 4 is 5.91 Å². The molecule has 0 aliphatic rings. The Morgan fingerprint density at radius 1 is 1.19 bits per heavy atom. The maximum absolute atomic E-state index is 13.4. The number of hydrogen-bond donors (Lipinski definition) is 2. The number of benzene rings is 2. The maximum atomic E-state index is 13.4. The van der Waals surface area contributed by atoms with Gasteiger partial charge in [0.05, 0.1) is 11.7 Å². The smallest absolute Gasteiger partial charge is 0.269 e. The predicted molar refractivity (Wildman–Crippen MR) is 104 cm³/mol. The van der Waals surface area contributed by atoms with Crippen LogP contribution in [0.15, 0.2) is 54.6 Å². The zero-order valence-electron chi connectivity index (χ0n) is 15.7. The highest BCUT2D eigenvalue weighted by Crippen LogP contribution is 2.21. The lowest BCUT2D eigenvalue weighted by molar-refractivity contribution is 0.0937. The van der Waals surface area contributed by atoms with Gasteiger partial charge in [-0.05, 0) is 56.4 Å². The molecule has 3 rings (SSSR count). The van der Waals surface area contributed by atoms with Crippen LogP contribution in [0.2, 0.25) is 0 Å². The van der Waals surface area contributed by atoms with Gasteiger partial charge in [-0.15, -0.1) is 0 Å². The molecule has 0 saturated carbocycles. The average molecular weight is 366 g/mol. The first-order chi connectivity index (χ1) is 13.0. The number of amides is 1. The summed E-state index contributed by atoms with van der Waals surface area (Å²) in [6.45, 7) is 2.17. The topological polar surface area (TPSA) is 61.0 Å². The van der Waals surface area contributed by atoms with E-state index in [2.05, 4.69) is 20.4 Å². The van der Waals surface area contributed by atoms with E-state index in [1.54, 1.807) is 25.1 Å². The van der Waals surface area contributed by atoms with Gasteiger partial charge in [0.15, 0.2) is 0 Å². The molecule has 0 aliphatic carbocycles. The Morgan fingerprint density at radius 2 is 1.93 bits per heavy atom. The molecule has 0 bridgehead atoms. The molecular weight excluding hydrogens is 343 g/mol. The van der Waals surface area contributed by atoms with Crippen molar-refractivity contribution in [3.05, 3.63) is 77.2 Å². The first-order valence-electron chi connectivity index (χ1n) is 8.77. The number of H-pyrrole nitrogens is 1. The van der Waals surface area contributed by atoms with Crippen molar-refractivity contribution in [2.45, 2.75) is 13.0 Å². The van der Waals surface area contributed by atoms with Gasteiger partial charge < -0.3 is 10.2 Å². The van der Waals surface area contributed by atoms with Crippen LogP contribution < -0.4 is 5.32 Å². The molecule has 0 radical (unpaired) electrons. The second kappa shape index (κ2) is 8.14. The number of carbonyl (C=O) groups is 1. The van der Waals surface area contributed by atoms with Crippen molar-refractivity contribution in [3.63, 3.8) is 0 Å². The summed E-state index contributed by atoms with van der Waals surface area (Å²) in [6.07, 6.45) is 0. The van der Waals surface area contributed by atoms with E-state index < -0.39 is 0 Å². The summed E-state index contributed by atoms with van der Waals surface area (Å²) < 4.78 is 13.4. The molecular formula is C21H23FN4O. The third-order valence-corrected chi connectivity index (χ3v) is 4.54. The van der Waals surface area contributed by atoms with Gasteiger partial charge in [0.25, 0.3) is 5.91 Å². The van der Waals surface area contributed by atoms with E-state index in [0.29, 0.717) is 23.5 Å². The minimum Gasteiger partial charge on any atom is -0.349 e. The Morgan fingerprint density at radius 3 is 2.59 bits per heavy atom. The highest BCUT2D eigenvalue weighted by molar-refractivity contribution is 5.93. The summed E-state index contributed by atoms with van der Waals surface area (Å²) in [5.74, 6) is -0.488. The van der Waals surface area contributed by atoms with Crippen molar-refractivity contribution in [2.24, 2.45) is 0 Å². The average Bonchev–Trinajstić information content (AvgIpc) is 3.15. The van der Waals surface area contributed by atoms with Crippen molar-refractivity contribution in [1.29, 1.82) is 0 Å². The molecule has 5 nitrogen and oxygen atoms in total. The van der Waals surface area contributed by atoms with E-state index in [4.69, 9.17) is 0 Å². The van der Waals surface area contributed by atoms with Gasteiger partial charge in [0.2, 0.25) is 0 Å². The van der Waals surface area contributed by atoms with Gasteiger partial charge in [-0.25, -0.2) is 4.39 Å². The highest BCUT2D eigenvalue weighted by atomic mass is 19.1. The molecule has 1 unspecified atom stereocenters. The Hall–Kier alpha value is -2.99. The molecule has 1 atom stereocenters. The molecule has 27 heavy (non-hydrogen) atoms. The Balaban J connectivity index is 1.69. The normalized spacial score (nSPS) is 12.2. The number of rotatable bonds is 6. The Bertz CT molecular complexity index is 921. The van der Waals surface area contributed by atoms with Gasteiger partial charge in [0.1, 0.15) is 11.5 Å². The van der Waals surface area contributed by atoms with Crippen LogP contribution in [-0.4, -0.2) is 41.6 Å². The zero-order valence-corrected chi connectivity index (χ0v) is 15.7.